The zero-order valence-electron chi connectivity index (χ0n) is 16.8. The van der Waals surface area contributed by atoms with Crippen molar-refractivity contribution in [2.45, 2.75) is 49.6 Å². The zero-order chi connectivity index (χ0) is 21.4. The monoisotopic (exact) mass is 427 g/mol. The molecule has 1 spiro atoms. The van der Waals surface area contributed by atoms with Crippen molar-refractivity contribution in [3.8, 4) is 5.75 Å². The molecular formula is C21H25N5O3S. The lowest BCUT2D eigenvalue weighted by Crippen LogP contribution is -2.58. The average Bonchev–Trinajstić information content (AvgIpc) is 2.69. The van der Waals surface area contributed by atoms with E-state index in [1.807, 2.05) is 11.0 Å². The number of hydrogen-bond acceptors (Lipinski definition) is 8. The van der Waals surface area contributed by atoms with Gasteiger partial charge in [-0.1, -0.05) is 30.7 Å². The minimum absolute atomic E-state index is 0.0742. The molecule has 1 aliphatic carbocycles. The standard InChI is InChI=1S/C21H25N5O3S/c1-15-10-11-16(14-18(15)30(27,28)29-17-8-4-2-5-9-17)26-20(23)24-19(22)25-21(26)12-6-3-7-13-21/h2,4-5,8-11,14H,3,6-7,12-13H2,1H3,(H4,22,23,24,25). The Balaban J connectivity index is 1.76. The van der Waals surface area contributed by atoms with Crippen molar-refractivity contribution in [1.82, 2.24) is 0 Å². The SMILES string of the molecule is Cc1ccc(N2C(N)=NC(N)=NC23CCCCC3)cc1S(=O)(=O)Oc1ccccc1. The van der Waals surface area contributed by atoms with Gasteiger partial charge in [0.05, 0.1) is 0 Å². The van der Waals surface area contributed by atoms with Crippen LogP contribution in [0.15, 0.2) is 63.4 Å². The van der Waals surface area contributed by atoms with Crippen molar-refractivity contribution >= 4 is 27.7 Å². The van der Waals surface area contributed by atoms with E-state index in [0.29, 0.717) is 11.3 Å². The van der Waals surface area contributed by atoms with Crippen LogP contribution in [0, 0.1) is 6.92 Å². The summed E-state index contributed by atoms with van der Waals surface area (Å²) in [7, 11) is -4.04. The van der Waals surface area contributed by atoms with E-state index in [-0.39, 0.29) is 22.6 Å². The number of benzene rings is 2. The molecule has 30 heavy (non-hydrogen) atoms. The Labute approximate surface area is 176 Å². The highest BCUT2D eigenvalue weighted by molar-refractivity contribution is 7.87. The maximum atomic E-state index is 13.0. The lowest BCUT2D eigenvalue weighted by molar-refractivity contribution is 0.305. The highest BCUT2D eigenvalue weighted by Crippen LogP contribution is 2.40. The van der Waals surface area contributed by atoms with Crippen molar-refractivity contribution in [3.63, 3.8) is 0 Å². The molecule has 0 bridgehead atoms. The molecule has 9 heteroatoms. The van der Waals surface area contributed by atoms with Gasteiger partial charge in [0, 0.05) is 5.69 Å². The van der Waals surface area contributed by atoms with Crippen LogP contribution >= 0.6 is 0 Å². The van der Waals surface area contributed by atoms with Crippen LogP contribution in [0.4, 0.5) is 5.69 Å². The van der Waals surface area contributed by atoms with Gasteiger partial charge in [-0.15, -0.1) is 0 Å². The fourth-order valence-corrected chi connectivity index (χ4v) is 5.32. The van der Waals surface area contributed by atoms with Crippen LogP contribution in [0.1, 0.15) is 37.7 Å². The minimum atomic E-state index is -4.04. The molecule has 0 atom stereocenters. The molecule has 1 saturated carbocycles. The second-order valence-corrected chi connectivity index (χ2v) is 9.13. The maximum Gasteiger partial charge on any atom is 0.339 e. The van der Waals surface area contributed by atoms with Crippen molar-refractivity contribution in [1.29, 1.82) is 0 Å². The third-order valence-electron chi connectivity index (χ3n) is 5.50. The number of rotatable bonds is 4. The quantitative estimate of drug-likeness (QED) is 0.723. The summed E-state index contributed by atoms with van der Waals surface area (Å²) in [4.78, 5) is 10.7. The molecule has 0 saturated heterocycles. The summed E-state index contributed by atoms with van der Waals surface area (Å²) >= 11 is 0. The first-order valence-corrected chi connectivity index (χ1v) is 11.3. The first kappa shape index (κ1) is 20.2. The summed E-state index contributed by atoms with van der Waals surface area (Å²) < 4.78 is 31.4. The molecule has 1 fully saturated rings. The van der Waals surface area contributed by atoms with E-state index in [1.165, 1.54) is 0 Å². The van der Waals surface area contributed by atoms with E-state index in [9.17, 15) is 8.42 Å². The van der Waals surface area contributed by atoms with Gasteiger partial charge in [0.1, 0.15) is 16.3 Å². The molecule has 158 valence electrons. The molecule has 8 nitrogen and oxygen atoms in total. The topological polar surface area (TPSA) is 123 Å². The van der Waals surface area contributed by atoms with Crippen LogP contribution in [-0.2, 0) is 10.1 Å². The van der Waals surface area contributed by atoms with Crippen molar-refractivity contribution < 1.29 is 12.6 Å². The Morgan fingerprint density at radius 2 is 1.73 bits per heavy atom. The number of anilines is 1. The number of hydrogen-bond donors (Lipinski definition) is 2. The summed E-state index contributed by atoms with van der Waals surface area (Å²) in [6.07, 6.45) is 4.60. The van der Waals surface area contributed by atoms with Crippen molar-refractivity contribution in [2.24, 2.45) is 21.5 Å². The second kappa shape index (κ2) is 7.64. The molecule has 1 heterocycles. The number of aliphatic imine (C=N–C) groups is 2. The first-order valence-electron chi connectivity index (χ1n) is 9.91. The van der Waals surface area contributed by atoms with E-state index in [4.69, 9.17) is 15.7 Å². The number of nitrogens with two attached hydrogens (primary N) is 2. The van der Waals surface area contributed by atoms with Gasteiger partial charge in [-0.2, -0.15) is 13.4 Å². The van der Waals surface area contributed by atoms with Crippen LogP contribution in [0.5, 0.6) is 5.75 Å². The van der Waals surface area contributed by atoms with E-state index in [1.54, 1.807) is 49.4 Å². The third-order valence-corrected chi connectivity index (χ3v) is 6.89. The summed E-state index contributed by atoms with van der Waals surface area (Å²) in [5.74, 6) is 0.612. The van der Waals surface area contributed by atoms with Crippen LogP contribution in [-0.4, -0.2) is 26.0 Å². The summed E-state index contributed by atoms with van der Waals surface area (Å²) in [6.45, 7) is 1.73. The van der Waals surface area contributed by atoms with Crippen molar-refractivity contribution in [3.05, 3.63) is 54.1 Å². The molecule has 4 rings (SSSR count). The zero-order valence-corrected chi connectivity index (χ0v) is 17.6. The van der Waals surface area contributed by atoms with E-state index in [0.717, 1.165) is 32.1 Å². The molecule has 0 radical (unpaired) electrons. The molecular weight excluding hydrogens is 402 g/mol. The predicted octanol–water partition coefficient (Wildman–Crippen LogP) is 2.87. The van der Waals surface area contributed by atoms with E-state index in [2.05, 4.69) is 9.98 Å². The Morgan fingerprint density at radius 3 is 2.43 bits per heavy atom. The van der Waals surface area contributed by atoms with Crippen LogP contribution in [0.25, 0.3) is 0 Å². The van der Waals surface area contributed by atoms with Gasteiger partial charge in [0.2, 0.25) is 11.9 Å². The molecule has 0 aromatic heterocycles. The van der Waals surface area contributed by atoms with E-state index >= 15 is 0 Å². The first-order chi connectivity index (χ1) is 14.3. The molecule has 2 aromatic carbocycles. The summed E-state index contributed by atoms with van der Waals surface area (Å²) in [6, 6.07) is 13.6. The number of nitrogens with zero attached hydrogens (tertiary/aromatic N) is 3. The van der Waals surface area contributed by atoms with Crippen molar-refractivity contribution in [2.75, 3.05) is 4.90 Å². The van der Waals surface area contributed by atoms with E-state index < -0.39 is 15.8 Å². The lowest BCUT2D eigenvalue weighted by Gasteiger charge is -2.45. The smallest absolute Gasteiger partial charge is 0.339 e. The predicted molar refractivity (Wildman–Crippen MR) is 117 cm³/mol. The second-order valence-electron chi connectivity index (χ2n) is 7.62. The van der Waals surface area contributed by atoms with Gasteiger partial charge in [-0.25, -0.2) is 4.99 Å². The largest absolute Gasteiger partial charge is 0.379 e. The Morgan fingerprint density at radius 1 is 1.03 bits per heavy atom. The summed E-state index contributed by atoms with van der Waals surface area (Å²) in [5, 5.41) is 0. The Bertz CT molecular complexity index is 1110. The van der Waals surface area contributed by atoms with Gasteiger partial charge < -0.3 is 15.7 Å². The molecule has 0 unspecified atom stereocenters. The minimum Gasteiger partial charge on any atom is -0.379 e. The number of para-hydroxylation sites is 1. The lowest BCUT2D eigenvalue weighted by atomic mass is 9.87. The summed E-state index contributed by atoms with van der Waals surface area (Å²) in [5.41, 5.74) is 12.7. The van der Waals surface area contributed by atoms with Gasteiger partial charge in [-0.3, -0.25) is 4.90 Å². The highest BCUT2D eigenvalue weighted by Gasteiger charge is 2.43. The fourth-order valence-electron chi connectivity index (χ4n) is 4.14. The number of guanidine groups is 2. The normalized spacial score (nSPS) is 18.6. The molecule has 2 aliphatic rings. The molecule has 4 N–H and O–H groups in total. The van der Waals surface area contributed by atoms with Crippen LogP contribution < -0.4 is 20.6 Å². The number of aryl methyl sites for hydroxylation is 1. The fraction of sp³-hybridized carbons (Fsp3) is 0.333. The molecule has 0 amide bonds. The average molecular weight is 428 g/mol. The molecule has 1 aliphatic heterocycles. The van der Waals surface area contributed by atoms with Gasteiger partial charge >= 0.3 is 10.1 Å². The highest BCUT2D eigenvalue weighted by atomic mass is 32.2. The van der Waals surface area contributed by atoms with Crippen LogP contribution in [0.2, 0.25) is 0 Å². The van der Waals surface area contributed by atoms with Gasteiger partial charge in [0.15, 0.2) is 0 Å². The van der Waals surface area contributed by atoms with Gasteiger partial charge in [0.25, 0.3) is 0 Å². The maximum absolute atomic E-state index is 13.0. The van der Waals surface area contributed by atoms with Crippen LogP contribution in [0.3, 0.4) is 0 Å². The third kappa shape index (κ3) is 3.72. The van der Waals surface area contributed by atoms with Gasteiger partial charge in [-0.05, 0) is 62.4 Å². The molecule has 2 aromatic rings. The Hall–Kier alpha value is -3.07. The Kier molecular flexibility index (Phi) is 5.15.